The van der Waals surface area contributed by atoms with Gasteiger partial charge in [-0.25, -0.2) is 4.39 Å². The van der Waals surface area contributed by atoms with Crippen molar-refractivity contribution in [1.29, 1.82) is 0 Å². The first-order valence-electron chi connectivity index (χ1n) is 7.06. The van der Waals surface area contributed by atoms with Crippen LogP contribution in [0.4, 0.5) is 4.39 Å². The molecule has 7 heteroatoms. The molecule has 2 rings (SSSR count). The van der Waals surface area contributed by atoms with Gasteiger partial charge in [0.2, 0.25) is 5.91 Å². The maximum absolute atomic E-state index is 13.4. The van der Waals surface area contributed by atoms with Gasteiger partial charge >= 0.3 is 5.97 Å². The van der Waals surface area contributed by atoms with Crippen LogP contribution in [0.3, 0.4) is 0 Å². The number of carboxylic acids is 1. The van der Waals surface area contributed by atoms with E-state index in [4.69, 9.17) is 5.11 Å². The second kappa shape index (κ2) is 7.02. The Hall–Kier alpha value is -2.44. The lowest BCUT2D eigenvalue weighted by Crippen LogP contribution is -2.45. The summed E-state index contributed by atoms with van der Waals surface area (Å²) in [4.78, 5) is 34.5. The molecule has 0 atom stereocenters. The molecule has 0 radical (unpaired) electrons. The van der Waals surface area contributed by atoms with Crippen molar-refractivity contribution < 1.29 is 23.9 Å². The second-order valence-electron chi connectivity index (χ2n) is 5.31. The lowest BCUT2D eigenvalue weighted by molar-refractivity contribution is -0.144. The Morgan fingerprint density at radius 3 is 2.18 bits per heavy atom. The first-order chi connectivity index (χ1) is 10.5. The van der Waals surface area contributed by atoms with Crippen LogP contribution in [0.5, 0.6) is 0 Å². The third-order valence-corrected chi connectivity index (χ3v) is 3.86. The van der Waals surface area contributed by atoms with Crippen LogP contribution in [0.25, 0.3) is 0 Å². The maximum atomic E-state index is 13.4. The van der Waals surface area contributed by atoms with E-state index in [1.807, 2.05) is 0 Å². The van der Waals surface area contributed by atoms with Gasteiger partial charge in [-0.1, -0.05) is 12.1 Å². The Bertz CT molecular complexity index is 583. The van der Waals surface area contributed by atoms with E-state index in [2.05, 4.69) is 10.9 Å². The molecule has 0 heterocycles. The molecule has 1 saturated carbocycles. The van der Waals surface area contributed by atoms with Crippen molar-refractivity contribution in [3.63, 3.8) is 0 Å². The third-order valence-electron chi connectivity index (χ3n) is 3.86. The first kappa shape index (κ1) is 15.9. The summed E-state index contributed by atoms with van der Waals surface area (Å²) in [5, 5.41) is 8.90. The number of carboxylic acid groups (broad SMARTS) is 1. The van der Waals surface area contributed by atoms with Crippen molar-refractivity contribution >= 4 is 17.8 Å². The molecule has 1 aliphatic carbocycles. The largest absolute Gasteiger partial charge is 0.481 e. The Morgan fingerprint density at radius 1 is 1.00 bits per heavy atom. The molecular weight excluding hydrogens is 291 g/mol. The fraction of sp³-hybridized carbons (Fsp3) is 0.400. The van der Waals surface area contributed by atoms with E-state index < -0.39 is 23.6 Å². The van der Waals surface area contributed by atoms with Crippen molar-refractivity contribution in [1.82, 2.24) is 10.9 Å². The van der Waals surface area contributed by atoms with Gasteiger partial charge in [-0.05, 0) is 37.8 Å². The summed E-state index contributed by atoms with van der Waals surface area (Å²) < 4.78 is 13.4. The molecular formula is C15H17FN2O4. The Labute approximate surface area is 126 Å². The molecule has 0 saturated heterocycles. The zero-order valence-corrected chi connectivity index (χ0v) is 11.8. The summed E-state index contributed by atoms with van der Waals surface area (Å²) in [6.45, 7) is 0. The average Bonchev–Trinajstić information content (AvgIpc) is 2.52. The zero-order valence-electron chi connectivity index (χ0n) is 11.8. The van der Waals surface area contributed by atoms with Gasteiger partial charge in [0.1, 0.15) is 5.82 Å². The molecule has 0 aliphatic heterocycles. The van der Waals surface area contributed by atoms with E-state index >= 15 is 0 Å². The highest BCUT2D eigenvalue weighted by molar-refractivity contribution is 5.95. The number of aliphatic carboxylic acids is 1. The molecule has 0 aromatic heterocycles. The van der Waals surface area contributed by atoms with Crippen LogP contribution >= 0.6 is 0 Å². The number of nitrogens with one attached hydrogen (secondary N) is 2. The molecule has 1 aromatic carbocycles. The van der Waals surface area contributed by atoms with Gasteiger partial charge in [0.15, 0.2) is 0 Å². The van der Waals surface area contributed by atoms with Crippen molar-refractivity contribution in [2.75, 3.05) is 0 Å². The number of benzene rings is 1. The molecule has 1 aromatic rings. The normalized spacial score (nSPS) is 21.0. The molecule has 2 amide bonds. The minimum absolute atomic E-state index is 0.155. The van der Waals surface area contributed by atoms with Crippen LogP contribution in [-0.2, 0) is 9.59 Å². The summed E-state index contributed by atoms with van der Waals surface area (Å²) >= 11 is 0. The predicted octanol–water partition coefficient (Wildman–Crippen LogP) is 1.48. The monoisotopic (exact) mass is 308 g/mol. The fourth-order valence-corrected chi connectivity index (χ4v) is 2.54. The highest BCUT2D eigenvalue weighted by Crippen LogP contribution is 2.28. The highest BCUT2D eigenvalue weighted by atomic mass is 19.1. The fourth-order valence-electron chi connectivity index (χ4n) is 2.54. The summed E-state index contributed by atoms with van der Waals surface area (Å²) in [5.74, 6) is -3.37. The Balaban J connectivity index is 1.82. The number of hydrogen-bond acceptors (Lipinski definition) is 3. The molecule has 118 valence electrons. The maximum Gasteiger partial charge on any atom is 0.306 e. The quantitative estimate of drug-likeness (QED) is 0.737. The van der Waals surface area contributed by atoms with Gasteiger partial charge in [0.05, 0.1) is 11.5 Å². The van der Waals surface area contributed by atoms with Crippen LogP contribution < -0.4 is 10.9 Å². The minimum Gasteiger partial charge on any atom is -0.481 e. The summed E-state index contributed by atoms with van der Waals surface area (Å²) in [6, 6.07) is 5.46. The molecule has 22 heavy (non-hydrogen) atoms. The van der Waals surface area contributed by atoms with E-state index in [0.717, 1.165) is 6.07 Å². The number of halogens is 1. The number of hydrogen-bond donors (Lipinski definition) is 3. The van der Waals surface area contributed by atoms with Crippen molar-refractivity contribution in [2.45, 2.75) is 25.7 Å². The molecule has 0 spiro atoms. The lowest BCUT2D eigenvalue weighted by Gasteiger charge is -2.25. The van der Waals surface area contributed by atoms with Crippen LogP contribution in [0.1, 0.15) is 36.0 Å². The lowest BCUT2D eigenvalue weighted by atomic mass is 9.82. The summed E-state index contributed by atoms with van der Waals surface area (Å²) in [7, 11) is 0. The van der Waals surface area contributed by atoms with E-state index in [1.165, 1.54) is 18.2 Å². The van der Waals surface area contributed by atoms with E-state index in [1.54, 1.807) is 0 Å². The van der Waals surface area contributed by atoms with Crippen molar-refractivity contribution in [3.05, 3.63) is 35.6 Å². The smallest absolute Gasteiger partial charge is 0.306 e. The van der Waals surface area contributed by atoms with E-state index in [-0.39, 0.29) is 17.4 Å². The Morgan fingerprint density at radius 2 is 1.59 bits per heavy atom. The van der Waals surface area contributed by atoms with Crippen molar-refractivity contribution in [2.24, 2.45) is 11.8 Å². The molecule has 1 fully saturated rings. The minimum atomic E-state index is -0.841. The first-order valence-corrected chi connectivity index (χ1v) is 7.06. The summed E-state index contributed by atoms with van der Waals surface area (Å²) in [5.41, 5.74) is 4.29. The molecule has 0 bridgehead atoms. The number of hydrazine groups is 1. The van der Waals surface area contributed by atoms with Gasteiger partial charge in [-0.2, -0.15) is 0 Å². The second-order valence-corrected chi connectivity index (χ2v) is 5.31. The topological polar surface area (TPSA) is 95.5 Å². The van der Waals surface area contributed by atoms with Gasteiger partial charge in [0.25, 0.3) is 5.91 Å². The molecule has 3 N–H and O–H groups in total. The molecule has 1 aliphatic rings. The standard InChI is InChI=1S/C15H17FN2O4/c16-12-4-2-1-3-11(12)14(20)18-17-13(19)9-5-7-10(8-6-9)15(21)22/h1-4,9-10H,5-8H2,(H,17,19)(H,18,20)(H,21,22). The van der Waals surface area contributed by atoms with Crippen LogP contribution in [0, 0.1) is 17.7 Å². The van der Waals surface area contributed by atoms with Crippen LogP contribution in [-0.4, -0.2) is 22.9 Å². The van der Waals surface area contributed by atoms with Crippen LogP contribution in [0.15, 0.2) is 24.3 Å². The number of amides is 2. The predicted molar refractivity (Wildman–Crippen MR) is 75.1 cm³/mol. The summed E-state index contributed by atoms with van der Waals surface area (Å²) in [6.07, 6.45) is 1.79. The average molecular weight is 308 g/mol. The van der Waals surface area contributed by atoms with Gasteiger partial charge < -0.3 is 5.11 Å². The highest BCUT2D eigenvalue weighted by Gasteiger charge is 2.29. The van der Waals surface area contributed by atoms with E-state index in [9.17, 15) is 18.8 Å². The van der Waals surface area contributed by atoms with Crippen LogP contribution in [0.2, 0.25) is 0 Å². The van der Waals surface area contributed by atoms with E-state index in [0.29, 0.717) is 25.7 Å². The van der Waals surface area contributed by atoms with Gasteiger partial charge in [0, 0.05) is 5.92 Å². The third kappa shape index (κ3) is 3.81. The number of carbonyl (C=O) groups excluding carboxylic acids is 2. The Kier molecular flexibility index (Phi) is 5.08. The van der Waals surface area contributed by atoms with Crippen molar-refractivity contribution in [3.8, 4) is 0 Å². The SMILES string of the molecule is O=C(NNC(=O)C1CCC(C(=O)O)CC1)c1ccccc1F. The number of carbonyl (C=O) groups is 3. The van der Waals surface area contributed by atoms with Gasteiger partial charge in [-0.3, -0.25) is 25.2 Å². The number of rotatable bonds is 3. The zero-order chi connectivity index (χ0) is 16.1. The molecule has 6 nitrogen and oxygen atoms in total. The molecule has 0 unspecified atom stereocenters. The van der Waals surface area contributed by atoms with Gasteiger partial charge in [-0.15, -0.1) is 0 Å².